The van der Waals surface area contributed by atoms with Crippen molar-refractivity contribution in [3.05, 3.63) is 0 Å². The predicted octanol–water partition coefficient (Wildman–Crippen LogP) is 2.05. The number of ether oxygens (including phenoxy) is 1. The molecule has 0 spiro atoms. The lowest BCUT2D eigenvalue weighted by molar-refractivity contribution is 0.106. The molecule has 0 amide bonds. The summed E-state index contributed by atoms with van der Waals surface area (Å²) in [6.07, 6.45) is 3.74. The second-order valence-corrected chi connectivity index (χ2v) is 3.63. The van der Waals surface area contributed by atoms with E-state index in [4.69, 9.17) is 4.74 Å². The first kappa shape index (κ1) is 11.9. The van der Waals surface area contributed by atoms with Crippen LogP contribution in [-0.2, 0) is 4.74 Å². The van der Waals surface area contributed by atoms with Gasteiger partial charge in [0.15, 0.2) is 0 Å². The average molecular weight is 173 g/mol. The highest BCUT2D eigenvalue weighted by molar-refractivity contribution is 4.45. The summed E-state index contributed by atoms with van der Waals surface area (Å²) in [4.78, 5) is 0. The molecule has 0 saturated heterocycles. The van der Waals surface area contributed by atoms with Crippen LogP contribution in [-0.4, -0.2) is 26.8 Å². The van der Waals surface area contributed by atoms with Crippen molar-refractivity contribution in [1.29, 1.82) is 0 Å². The molecule has 0 aliphatic carbocycles. The number of unbranched alkanes of at least 4 members (excludes halogenated alkanes) is 2. The van der Waals surface area contributed by atoms with Crippen molar-refractivity contribution < 1.29 is 4.74 Å². The zero-order valence-electron chi connectivity index (χ0n) is 8.73. The van der Waals surface area contributed by atoms with Gasteiger partial charge in [-0.05, 0) is 38.8 Å². The summed E-state index contributed by atoms with van der Waals surface area (Å²) in [5.74, 6) is 0.669. The van der Waals surface area contributed by atoms with Crippen LogP contribution in [0.25, 0.3) is 0 Å². The van der Waals surface area contributed by atoms with Gasteiger partial charge >= 0.3 is 0 Å². The molecular weight excluding hydrogens is 150 g/mol. The first-order chi connectivity index (χ1) is 5.77. The minimum atomic E-state index is 0.669. The first-order valence-corrected chi connectivity index (χ1v) is 4.99. The Hall–Kier alpha value is -0.0800. The third-order valence-corrected chi connectivity index (χ3v) is 1.67. The molecule has 0 rings (SSSR count). The molecule has 2 heteroatoms. The molecule has 2 nitrogen and oxygen atoms in total. The zero-order chi connectivity index (χ0) is 9.23. The number of rotatable bonds is 8. The molecule has 0 aliphatic rings. The summed E-state index contributed by atoms with van der Waals surface area (Å²) in [7, 11) is 2.00. The largest absolute Gasteiger partial charge is 0.381 e. The third-order valence-electron chi connectivity index (χ3n) is 1.67. The Bertz CT molecular complexity index is 83.9. The van der Waals surface area contributed by atoms with E-state index < -0.39 is 0 Å². The van der Waals surface area contributed by atoms with Crippen molar-refractivity contribution in [1.82, 2.24) is 5.32 Å². The molecule has 0 aromatic rings. The van der Waals surface area contributed by atoms with Gasteiger partial charge in [-0.3, -0.25) is 0 Å². The summed E-state index contributed by atoms with van der Waals surface area (Å²) in [6, 6.07) is 0. The highest BCUT2D eigenvalue weighted by Gasteiger charge is 1.93. The lowest BCUT2D eigenvalue weighted by Gasteiger charge is -2.06. The van der Waals surface area contributed by atoms with Gasteiger partial charge in [0.1, 0.15) is 0 Å². The molecule has 0 saturated carbocycles. The molecule has 0 aliphatic heterocycles. The quantitative estimate of drug-likeness (QED) is 0.567. The van der Waals surface area contributed by atoms with E-state index in [9.17, 15) is 0 Å². The van der Waals surface area contributed by atoms with Crippen molar-refractivity contribution in [3.8, 4) is 0 Å². The van der Waals surface area contributed by atoms with E-state index >= 15 is 0 Å². The molecule has 0 atom stereocenters. The lowest BCUT2D eigenvalue weighted by Crippen LogP contribution is -2.08. The van der Waals surface area contributed by atoms with E-state index in [0.29, 0.717) is 5.92 Å². The molecule has 0 fully saturated rings. The van der Waals surface area contributed by atoms with Crippen molar-refractivity contribution in [2.75, 3.05) is 26.8 Å². The number of nitrogens with one attached hydrogen (secondary N) is 1. The lowest BCUT2D eigenvalue weighted by atomic mass is 10.2. The van der Waals surface area contributed by atoms with Gasteiger partial charge in [0, 0.05) is 13.2 Å². The van der Waals surface area contributed by atoms with Gasteiger partial charge in [-0.25, -0.2) is 0 Å². The fourth-order valence-electron chi connectivity index (χ4n) is 1.00. The van der Waals surface area contributed by atoms with Crippen LogP contribution in [0.5, 0.6) is 0 Å². The average Bonchev–Trinajstić information content (AvgIpc) is 2.02. The molecule has 74 valence electrons. The van der Waals surface area contributed by atoms with Gasteiger partial charge in [0.05, 0.1) is 0 Å². The van der Waals surface area contributed by atoms with Gasteiger partial charge in [-0.1, -0.05) is 13.8 Å². The standard InChI is InChI=1S/C10H23NO/c1-10(2)9-12-8-6-4-5-7-11-3/h10-11H,4-9H2,1-3H3. The van der Waals surface area contributed by atoms with E-state index in [2.05, 4.69) is 19.2 Å². The van der Waals surface area contributed by atoms with Gasteiger partial charge in [0.2, 0.25) is 0 Å². The van der Waals surface area contributed by atoms with Gasteiger partial charge < -0.3 is 10.1 Å². The fraction of sp³-hybridized carbons (Fsp3) is 1.00. The van der Waals surface area contributed by atoms with E-state index in [1.807, 2.05) is 7.05 Å². The Morgan fingerprint density at radius 1 is 1.17 bits per heavy atom. The van der Waals surface area contributed by atoms with Gasteiger partial charge in [-0.2, -0.15) is 0 Å². The highest BCUT2D eigenvalue weighted by atomic mass is 16.5. The molecule has 0 unspecified atom stereocenters. The monoisotopic (exact) mass is 173 g/mol. The fourth-order valence-corrected chi connectivity index (χ4v) is 1.00. The Balaban J connectivity index is 2.82. The first-order valence-electron chi connectivity index (χ1n) is 4.99. The van der Waals surface area contributed by atoms with Crippen molar-refractivity contribution in [2.45, 2.75) is 33.1 Å². The maximum absolute atomic E-state index is 5.45. The van der Waals surface area contributed by atoms with Crippen LogP contribution in [0.3, 0.4) is 0 Å². The van der Waals surface area contributed by atoms with Crippen LogP contribution in [0.2, 0.25) is 0 Å². The molecule has 0 heterocycles. The van der Waals surface area contributed by atoms with Crippen LogP contribution in [0.15, 0.2) is 0 Å². The van der Waals surface area contributed by atoms with Crippen LogP contribution in [0, 0.1) is 5.92 Å². The smallest absolute Gasteiger partial charge is 0.0488 e. The molecule has 0 aromatic heterocycles. The van der Waals surface area contributed by atoms with Crippen molar-refractivity contribution in [3.63, 3.8) is 0 Å². The molecular formula is C10H23NO. The molecule has 0 radical (unpaired) electrons. The van der Waals surface area contributed by atoms with Gasteiger partial charge in [0.25, 0.3) is 0 Å². The van der Waals surface area contributed by atoms with Crippen molar-refractivity contribution >= 4 is 0 Å². The summed E-state index contributed by atoms with van der Waals surface area (Å²) < 4.78 is 5.45. The summed E-state index contributed by atoms with van der Waals surface area (Å²) in [5, 5.41) is 3.14. The Morgan fingerprint density at radius 2 is 1.92 bits per heavy atom. The molecule has 0 aromatic carbocycles. The topological polar surface area (TPSA) is 21.3 Å². The minimum absolute atomic E-state index is 0.669. The second-order valence-electron chi connectivity index (χ2n) is 3.63. The maximum atomic E-state index is 5.45. The second kappa shape index (κ2) is 9.01. The number of hydrogen-bond donors (Lipinski definition) is 1. The summed E-state index contributed by atoms with van der Waals surface area (Å²) in [6.45, 7) is 7.33. The van der Waals surface area contributed by atoms with Crippen LogP contribution >= 0.6 is 0 Å². The summed E-state index contributed by atoms with van der Waals surface area (Å²) >= 11 is 0. The normalized spacial score (nSPS) is 11.0. The van der Waals surface area contributed by atoms with Crippen LogP contribution < -0.4 is 5.32 Å². The zero-order valence-corrected chi connectivity index (χ0v) is 8.73. The molecule has 0 bridgehead atoms. The highest BCUT2D eigenvalue weighted by Crippen LogP contribution is 1.97. The Labute approximate surface area is 76.7 Å². The van der Waals surface area contributed by atoms with E-state index in [1.165, 1.54) is 19.3 Å². The van der Waals surface area contributed by atoms with Crippen molar-refractivity contribution in [2.24, 2.45) is 5.92 Å². The van der Waals surface area contributed by atoms with E-state index in [-0.39, 0.29) is 0 Å². The van der Waals surface area contributed by atoms with Crippen LogP contribution in [0.4, 0.5) is 0 Å². The minimum Gasteiger partial charge on any atom is -0.381 e. The maximum Gasteiger partial charge on any atom is 0.0488 e. The number of hydrogen-bond acceptors (Lipinski definition) is 2. The Morgan fingerprint density at radius 3 is 2.50 bits per heavy atom. The third kappa shape index (κ3) is 9.92. The summed E-state index contributed by atoms with van der Waals surface area (Å²) in [5.41, 5.74) is 0. The van der Waals surface area contributed by atoms with Crippen LogP contribution in [0.1, 0.15) is 33.1 Å². The Kier molecular flexibility index (Phi) is 8.95. The molecule has 1 N–H and O–H groups in total. The SMILES string of the molecule is CNCCCCCOCC(C)C. The molecule has 12 heavy (non-hydrogen) atoms. The van der Waals surface area contributed by atoms with Gasteiger partial charge in [-0.15, -0.1) is 0 Å². The predicted molar refractivity (Wildman–Crippen MR) is 53.4 cm³/mol. The van der Waals surface area contributed by atoms with E-state index in [0.717, 1.165) is 19.8 Å². The van der Waals surface area contributed by atoms with E-state index in [1.54, 1.807) is 0 Å².